The highest BCUT2D eigenvalue weighted by Gasteiger charge is 2.56. The summed E-state index contributed by atoms with van der Waals surface area (Å²) in [6, 6.07) is -3.61. The smallest absolute Gasteiger partial charge is 0.312 e. The molecule has 0 aromatic heterocycles. The molecule has 8 atom stereocenters. The van der Waals surface area contributed by atoms with Crippen LogP contribution in [0.1, 0.15) is 72.1 Å². The number of carboxylic acids is 1. The molecule has 15 nitrogen and oxygen atoms in total. The van der Waals surface area contributed by atoms with E-state index in [0.29, 0.717) is 17.8 Å². The van der Waals surface area contributed by atoms with E-state index in [-0.39, 0.29) is 25.5 Å². The Balaban J connectivity index is 1.47. The van der Waals surface area contributed by atoms with Gasteiger partial charge in [-0.05, 0) is 76.5 Å². The molecule has 1 saturated heterocycles. The van der Waals surface area contributed by atoms with Crippen LogP contribution in [0, 0.1) is 23.2 Å². The van der Waals surface area contributed by atoms with E-state index in [0.717, 1.165) is 43.4 Å². The van der Waals surface area contributed by atoms with Crippen LogP contribution >= 0.6 is 0 Å². The Morgan fingerprint density at radius 3 is 2.11 bits per heavy atom. The average Bonchev–Trinajstić information content (AvgIpc) is 2.93. The molecule has 5 rings (SSSR count). The SMILES string of the molecule is CC(=O)N[C@@H]1[C@@H](OC(C)CN(C(=O)[C@H](C)N)[C@H](CCC(=O)O)C(N)=O)[C@H](O)[C@@H](COC(=O)C23CC4CC(CC(C4)C2)C3)O[C@@H]1O. The van der Waals surface area contributed by atoms with Crippen LogP contribution in [0.15, 0.2) is 0 Å². The Bertz CT molecular complexity index is 1100. The first-order chi connectivity index (χ1) is 21.1. The molecule has 5 aliphatic rings. The highest BCUT2D eigenvalue weighted by atomic mass is 16.6. The number of nitrogens with two attached hydrogens (primary N) is 2. The van der Waals surface area contributed by atoms with Gasteiger partial charge in [-0.2, -0.15) is 0 Å². The van der Waals surface area contributed by atoms with Gasteiger partial charge in [0, 0.05) is 19.9 Å². The Kier molecular flexibility index (Phi) is 11.1. The summed E-state index contributed by atoms with van der Waals surface area (Å²) in [6.07, 6.45) is -1.46. The van der Waals surface area contributed by atoms with Crippen molar-refractivity contribution in [2.75, 3.05) is 13.2 Å². The Morgan fingerprint density at radius 2 is 1.62 bits per heavy atom. The van der Waals surface area contributed by atoms with Crippen molar-refractivity contribution in [2.45, 2.75) is 121 Å². The van der Waals surface area contributed by atoms with Crippen molar-refractivity contribution >= 4 is 29.7 Å². The molecule has 3 amide bonds. The van der Waals surface area contributed by atoms with Crippen LogP contribution in [0.25, 0.3) is 0 Å². The number of carboxylic acid groups (broad SMARTS) is 1. The van der Waals surface area contributed by atoms with Gasteiger partial charge in [0.05, 0.1) is 17.6 Å². The molecule has 1 heterocycles. The minimum atomic E-state index is -1.64. The van der Waals surface area contributed by atoms with Gasteiger partial charge in [-0.25, -0.2) is 0 Å². The molecule has 0 radical (unpaired) electrons. The van der Waals surface area contributed by atoms with Crippen LogP contribution in [0.5, 0.6) is 0 Å². The fourth-order valence-electron chi connectivity index (χ4n) is 8.23. The third-order valence-corrected chi connectivity index (χ3v) is 9.76. The topological polar surface area (TPSA) is 241 Å². The minimum absolute atomic E-state index is 0.264. The van der Waals surface area contributed by atoms with Crippen molar-refractivity contribution in [1.29, 1.82) is 0 Å². The van der Waals surface area contributed by atoms with E-state index < -0.39 is 84.4 Å². The van der Waals surface area contributed by atoms with Gasteiger partial charge < -0.3 is 51.2 Å². The van der Waals surface area contributed by atoms with E-state index >= 15 is 0 Å². The maximum atomic E-state index is 13.4. The molecule has 1 aliphatic heterocycles. The summed E-state index contributed by atoms with van der Waals surface area (Å²) in [5.74, 6) is -2.11. The van der Waals surface area contributed by atoms with E-state index in [9.17, 15) is 34.2 Å². The van der Waals surface area contributed by atoms with Gasteiger partial charge in [0.1, 0.15) is 37.0 Å². The monoisotopic (exact) mass is 640 g/mol. The molecular formula is C30H48N4O11. The maximum Gasteiger partial charge on any atom is 0.312 e. The highest BCUT2D eigenvalue weighted by molar-refractivity contribution is 5.89. The number of rotatable bonds is 14. The summed E-state index contributed by atoms with van der Waals surface area (Å²) < 4.78 is 17.4. The first-order valence-corrected chi connectivity index (χ1v) is 15.8. The fraction of sp³-hybridized carbons (Fsp3) is 0.833. The normalized spacial score (nSPS) is 35.6. The van der Waals surface area contributed by atoms with Crippen LogP contribution in [0.2, 0.25) is 0 Å². The lowest BCUT2D eigenvalue weighted by molar-refractivity contribution is -0.270. The Labute approximate surface area is 262 Å². The Morgan fingerprint density at radius 1 is 1.04 bits per heavy atom. The zero-order chi connectivity index (χ0) is 33.2. The summed E-state index contributed by atoms with van der Waals surface area (Å²) in [5, 5.41) is 33.8. The summed E-state index contributed by atoms with van der Waals surface area (Å²) in [7, 11) is 0. The summed E-state index contributed by atoms with van der Waals surface area (Å²) >= 11 is 0. The number of hydrogen-bond donors (Lipinski definition) is 6. The lowest BCUT2D eigenvalue weighted by Gasteiger charge is -2.55. The molecule has 254 valence electrons. The fourth-order valence-corrected chi connectivity index (χ4v) is 8.23. The van der Waals surface area contributed by atoms with Crippen molar-refractivity contribution in [3.05, 3.63) is 0 Å². The van der Waals surface area contributed by atoms with Crippen molar-refractivity contribution in [3.8, 4) is 0 Å². The van der Waals surface area contributed by atoms with Crippen LogP contribution in [-0.4, -0.2) is 112 Å². The number of amides is 3. The minimum Gasteiger partial charge on any atom is -0.481 e. The van der Waals surface area contributed by atoms with E-state index in [2.05, 4.69) is 5.32 Å². The molecule has 5 fully saturated rings. The lowest BCUT2D eigenvalue weighted by Crippen LogP contribution is -2.66. The number of nitrogens with zero attached hydrogens (tertiary/aromatic N) is 1. The molecule has 8 N–H and O–H groups in total. The molecule has 15 heteroatoms. The Hall–Kier alpha value is -2.85. The van der Waals surface area contributed by atoms with Gasteiger partial charge >= 0.3 is 11.9 Å². The first kappa shape index (κ1) is 35.0. The number of hydrogen-bond acceptors (Lipinski definition) is 11. The lowest BCUT2D eigenvalue weighted by atomic mass is 9.49. The van der Waals surface area contributed by atoms with Gasteiger partial charge in [0.25, 0.3) is 0 Å². The zero-order valence-corrected chi connectivity index (χ0v) is 26.1. The van der Waals surface area contributed by atoms with E-state index in [1.54, 1.807) is 0 Å². The average molecular weight is 641 g/mol. The van der Waals surface area contributed by atoms with E-state index in [1.807, 2.05) is 0 Å². The number of esters is 1. The maximum absolute atomic E-state index is 13.4. The third-order valence-electron chi connectivity index (χ3n) is 9.76. The number of aliphatic carboxylic acids is 1. The number of ether oxygens (including phenoxy) is 3. The number of aliphatic hydroxyl groups excluding tert-OH is 2. The zero-order valence-electron chi connectivity index (χ0n) is 26.1. The second kappa shape index (κ2) is 14.3. The summed E-state index contributed by atoms with van der Waals surface area (Å²) in [4.78, 5) is 62.9. The van der Waals surface area contributed by atoms with Gasteiger partial charge in [-0.3, -0.25) is 24.0 Å². The number of primary amides is 1. The number of aliphatic hydroxyl groups is 2. The predicted octanol–water partition coefficient (Wildman–Crippen LogP) is -1.00. The van der Waals surface area contributed by atoms with Crippen LogP contribution in [0.4, 0.5) is 0 Å². The van der Waals surface area contributed by atoms with Crippen LogP contribution in [0.3, 0.4) is 0 Å². The number of carbonyl (C=O) groups is 5. The van der Waals surface area contributed by atoms with Gasteiger partial charge in [-0.15, -0.1) is 0 Å². The summed E-state index contributed by atoms with van der Waals surface area (Å²) in [6.45, 7) is 3.50. The highest BCUT2D eigenvalue weighted by Crippen LogP contribution is 2.60. The van der Waals surface area contributed by atoms with Crippen LogP contribution < -0.4 is 16.8 Å². The predicted molar refractivity (Wildman–Crippen MR) is 156 cm³/mol. The van der Waals surface area contributed by atoms with Crippen molar-refractivity contribution in [3.63, 3.8) is 0 Å². The largest absolute Gasteiger partial charge is 0.481 e. The van der Waals surface area contributed by atoms with Gasteiger partial charge in [0.15, 0.2) is 6.29 Å². The summed E-state index contributed by atoms with van der Waals surface area (Å²) in [5.41, 5.74) is 10.8. The third kappa shape index (κ3) is 8.12. The van der Waals surface area contributed by atoms with Crippen LogP contribution in [-0.2, 0) is 38.2 Å². The van der Waals surface area contributed by atoms with Crippen molar-refractivity contribution in [1.82, 2.24) is 10.2 Å². The standard InChI is InChI=1S/C30H48N4O11/c1-14(12-34(27(40)15(2)31)20(26(32)39)4-5-22(36)37)44-25-23(33-16(3)35)28(41)45-21(24(25)38)13-43-29(42)30-9-17-6-18(10-30)8-19(7-17)11-30/h14-15,17-21,23-25,28,38,41H,4-13,31H2,1-3H3,(H2,32,39)(H,33,35)(H,36,37)/t14?,15-,17?,18?,19?,20+,21+,23+,24+,25+,28-,30?/m0/s1. The van der Waals surface area contributed by atoms with Crippen molar-refractivity contribution in [2.24, 2.45) is 34.6 Å². The molecule has 0 aromatic carbocycles. The van der Waals surface area contributed by atoms with Gasteiger partial charge in [-0.1, -0.05) is 0 Å². The van der Waals surface area contributed by atoms with Crippen molar-refractivity contribution < 1.29 is 53.5 Å². The second-order valence-corrected chi connectivity index (χ2v) is 13.6. The molecule has 45 heavy (non-hydrogen) atoms. The molecule has 4 bridgehead atoms. The molecule has 0 spiro atoms. The van der Waals surface area contributed by atoms with E-state index in [1.165, 1.54) is 20.8 Å². The van der Waals surface area contributed by atoms with E-state index in [4.69, 9.17) is 30.8 Å². The number of nitrogens with one attached hydrogen (secondary N) is 1. The molecule has 1 unspecified atom stereocenters. The molecule has 4 aliphatic carbocycles. The first-order valence-electron chi connectivity index (χ1n) is 15.8. The quantitative estimate of drug-likeness (QED) is 0.125. The van der Waals surface area contributed by atoms with Gasteiger partial charge in [0.2, 0.25) is 17.7 Å². The molecule has 4 saturated carbocycles. The molecular weight excluding hydrogens is 592 g/mol. The molecule has 0 aromatic rings. The second-order valence-electron chi connectivity index (χ2n) is 13.6. The number of carbonyl (C=O) groups excluding carboxylic acids is 4.